The van der Waals surface area contributed by atoms with E-state index in [0.29, 0.717) is 0 Å². The highest BCUT2D eigenvalue weighted by Crippen LogP contribution is 2.08. The van der Waals surface area contributed by atoms with E-state index in [2.05, 4.69) is 11.7 Å². The molecule has 0 atom stereocenters. The van der Waals surface area contributed by atoms with Gasteiger partial charge in [0.25, 0.3) is 0 Å². The first kappa shape index (κ1) is 9.82. The Kier molecular flexibility index (Phi) is 6.81. The molecule has 0 aromatic carbocycles. The normalized spacial score (nSPS) is 9.40. The lowest BCUT2D eigenvalue weighted by atomic mass is 10.3. The molecule has 2 nitrogen and oxygen atoms in total. The lowest BCUT2D eigenvalue weighted by molar-refractivity contribution is 0.200. The molecule has 0 bridgehead atoms. The summed E-state index contributed by atoms with van der Waals surface area (Å²) in [5, 5.41) is -0.170. The molecule has 0 aliphatic carbocycles. The van der Waals surface area contributed by atoms with Crippen LogP contribution in [0.1, 0.15) is 26.2 Å². The molecule has 0 saturated heterocycles. The van der Waals surface area contributed by atoms with Gasteiger partial charge in [-0.25, -0.2) is 4.79 Å². The highest BCUT2D eigenvalue weighted by molar-refractivity contribution is 8.13. The highest BCUT2D eigenvalue weighted by Gasteiger charge is 1.98. The predicted octanol–water partition coefficient (Wildman–Crippen LogP) is 2.68. The zero-order valence-electron chi connectivity index (χ0n) is 6.55. The van der Waals surface area contributed by atoms with E-state index in [1.807, 2.05) is 0 Å². The van der Waals surface area contributed by atoms with E-state index in [1.165, 1.54) is 31.7 Å². The number of ether oxygens (including phenoxy) is 1. The van der Waals surface area contributed by atoms with Gasteiger partial charge in [0.15, 0.2) is 0 Å². The maximum absolute atomic E-state index is 10.5. The Morgan fingerprint density at radius 2 is 2.20 bits per heavy atom. The third-order valence-corrected chi connectivity index (χ3v) is 2.03. The van der Waals surface area contributed by atoms with Crippen molar-refractivity contribution in [3.05, 3.63) is 0 Å². The van der Waals surface area contributed by atoms with Crippen molar-refractivity contribution in [2.75, 3.05) is 12.9 Å². The molecule has 0 spiro atoms. The molecule has 0 saturated carbocycles. The number of carbonyl (C=O) groups excluding carboxylic acids is 1. The van der Waals surface area contributed by atoms with Crippen molar-refractivity contribution in [1.29, 1.82) is 0 Å². The Morgan fingerprint density at radius 1 is 1.50 bits per heavy atom. The molecule has 0 N–H and O–H groups in total. The molecular weight excluding hydrogens is 148 g/mol. The molecule has 0 aliphatic rings. The van der Waals surface area contributed by atoms with E-state index in [1.54, 1.807) is 0 Å². The fourth-order valence-corrected chi connectivity index (χ4v) is 1.20. The zero-order valence-corrected chi connectivity index (χ0v) is 7.37. The van der Waals surface area contributed by atoms with Crippen LogP contribution in [-0.4, -0.2) is 18.2 Å². The molecule has 0 aromatic heterocycles. The van der Waals surface area contributed by atoms with Crippen LogP contribution in [0.4, 0.5) is 4.79 Å². The van der Waals surface area contributed by atoms with Gasteiger partial charge in [-0.1, -0.05) is 19.8 Å². The first-order chi connectivity index (χ1) is 4.81. The number of carbonyl (C=O) groups is 1. The van der Waals surface area contributed by atoms with Gasteiger partial charge in [0.05, 0.1) is 7.11 Å². The number of unbranched alkanes of at least 4 members (excludes halogenated alkanes) is 2. The van der Waals surface area contributed by atoms with Gasteiger partial charge in [-0.2, -0.15) is 0 Å². The highest BCUT2D eigenvalue weighted by atomic mass is 32.2. The van der Waals surface area contributed by atoms with E-state index >= 15 is 0 Å². The van der Waals surface area contributed by atoms with Crippen LogP contribution in [0.25, 0.3) is 0 Å². The minimum absolute atomic E-state index is 0.170. The minimum Gasteiger partial charge on any atom is -0.461 e. The van der Waals surface area contributed by atoms with E-state index in [4.69, 9.17) is 0 Å². The molecule has 0 radical (unpaired) electrons. The first-order valence-electron chi connectivity index (χ1n) is 3.52. The Morgan fingerprint density at radius 3 is 2.70 bits per heavy atom. The predicted molar refractivity (Wildman–Crippen MR) is 44.4 cm³/mol. The maximum Gasteiger partial charge on any atom is 0.367 e. The lowest BCUT2D eigenvalue weighted by Crippen LogP contribution is -1.92. The van der Waals surface area contributed by atoms with Crippen molar-refractivity contribution in [2.45, 2.75) is 26.2 Å². The molecule has 0 rings (SSSR count). The van der Waals surface area contributed by atoms with Gasteiger partial charge >= 0.3 is 5.30 Å². The van der Waals surface area contributed by atoms with Gasteiger partial charge in [0.2, 0.25) is 0 Å². The molecule has 0 aromatic rings. The summed E-state index contributed by atoms with van der Waals surface area (Å²) >= 11 is 1.26. The fourth-order valence-electron chi connectivity index (χ4n) is 0.566. The van der Waals surface area contributed by atoms with Crippen LogP contribution >= 0.6 is 11.8 Å². The molecule has 0 heterocycles. The lowest BCUT2D eigenvalue weighted by Gasteiger charge is -1.96. The molecule has 10 heavy (non-hydrogen) atoms. The van der Waals surface area contributed by atoms with Crippen LogP contribution in [0.5, 0.6) is 0 Å². The second-order valence-electron chi connectivity index (χ2n) is 2.01. The van der Waals surface area contributed by atoms with Crippen molar-refractivity contribution >= 4 is 17.1 Å². The van der Waals surface area contributed by atoms with Crippen LogP contribution in [0.2, 0.25) is 0 Å². The standard InChI is InChI=1S/C7H14O2S/c1-3-4-5-6-10-7(8)9-2/h3-6H2,1-2H3. The van der Waals surface area contributed by atoms with Crippen LogP contribution in [0.3, 0.4) is 0 Å². The number of hydrogen-bond acceptors (Lipinski definition) is 3. The van der Waals surface area contributed by atoms with Gasteiger partial charge in [-0.3, -0.25) is 0 Å². The van der Waals surface area contributed by atoms with Crippen LogP contribution in [0.15, 0.2) is 0 Å². The Balaban J connectivity index is 2.96. The van der Waals surface area contributed by atoms with Crippen molar-refractivity contribution in [3.63, 3.8) is 0 Å². The number of thioether (sulfide) groups is 1. The van der Waals surface area contributed by atoms with Crippen LogP contribution in [-0.2, 0) is 4.74 Å². The van der Waals surface area contributed by atoms with Crippen LogP contribution < -0.4 is 0 Å². The SMILES string of the molecule is CCCCCSC(=O)OC. The number of rotatable bonds is 4. The summed E-state index contributed by atoms with van der Waals surface area (Å²) in [7, 11) is 1.41. The van der Waals surface area contributed by atoms with Crippen molar-refractivity contribution < 1.29 is 9.53 Å². The fraction of sp³-hybridized carbons (Fsp3) is 0.857. The molecule has 0 aliphatic heterocycles. The summed E-state index contributed by atoms with van der Waals surface area (Å²) in [5.41, 5.74) is 0. The first-order valence-corrected chi connectivity index (χ1v) is 4.50. The minimum atomic E-state index is -0.170. The molecule has 3 heteroatoms. The van der Waals surface area contributed by atoms with Crippen molar-refractivity contribution in [2.24, 2.45) is 0 Å². The molecule has 0 unspecified atom stereocenters. The Hall–Kier alpha value is -0.180. The topological polar surface area (TPSA) is 26.3 Å². The second-order valence-corrected chi connectivity index (χ2v) is 3.04. The molecule has 60 valence electrons. The summed E-state index contributed by atoms with van der Waals surface area (Å²) in [6.45, 7) is 2.14. The summed E-state index contributed by atoms with van der Waals surface area (Å²) in [6, 6.07) is 0. The van der Waals surface area contributed by atoms with Crippen molar-refractivity contribution in [1.82, 2.24) is 0 Å². The molecule has 0 amide bonds. The van der Waals surface area contributed by atoms with Crippen molar-refractivity contribution in [3.8, 4) is 0 Å². The Bertz CT molecular complexity index is 93.6. The Labute approximate surface area is 66.3 Å². The average Bonchev–Trinajstić information content (AvgIpc) is 1.98. The maximum atomic E-state index is 10.5. The van der Waals surface area contributed by atoms with Gasteiger partial charge in [-0.15, -0.1) is 0 Å². The molecular formula is C7H14O2S. The van der Waals surface area contributed by atoms with Gasteiger partial charge in [0, 0.05) is 5.75 Å². The number of hydrogen-bond donors (Lipinski definition) is 0. The third-order valence-electron chi connectivity index (χ3n) is 1.13. The van der Waals surface area contributed by atoms with Crippen LogP contribution in [0, 0.1) is 0 Å². The van der Waals surface area contributed by atoms with Gasteiger partial charge in [-0.05, 0) is 18.2 Å². The molecule has 0 fully saturated rings. The van der Waals surface area contributed by atoms with E-state index in [0.717, 1.165) is 12.2 Å². The zero-order chi connectivity index (χ0) is 7.82. The van der Waals surface area contributed by atoms with E-state index < -0.39 is 0 Å². The largest absolute Gasteiger partial charge is 0.461 e. The second kappa shape index (κ2) is 6.93. The summed E-state index contributed by atoms with van der Waals surface area (Å²) in [4.78, 5) is 10.5. The smallest absolute Gasteiger partial charge is 0.367 e. The van der Waals surface area contributed by atoms with Gasteiger partial charge in [0.1, 0.15) is 0 Å². The summed E-state index contributed by atoms with van der Waals surface area (Å²) in [5.74, 6) is 0.889. The number of methoxy groups -OCH3 is 1. The average molecular weight is 162 g/mol. The summed E-state index contributed by atoms with van der Waals surface area (Å²) in [6.07, 6.45) is 3.50. The monoisotopic (exact) mass is 162 g/mol. The quantitative estimate of drug-likeness (QED) is 0.469. The van der Waals surface area contributed by atoms with Gasteiger partial charge < -0.3 is 4.74 Å². The third kappa shape index (κ3) is 5.95. The van der Waals surface area contributed by atoms with E-state index in [9.17, 15) is 4.79 Å². The summed E-state index contributed by atoms with van der Waals surface area (Å²) < 4.78 is 4.45. The van der Waals surface area contributed by atoms with E-state index in [-0.39, 0.29) is 5.30 Å².